The number of anilines is 1. The van der Waals surface area contributed by atoms with Crippen molar-refractivity contribution < 1.29 is 8.42 Å². The molecule has 0 radical (unpaired) electrons. The molecule has 1 aromatic rings. The Hall–Kier alpha value is -1.45. The highest BCUT2D eigenvalue weighted by atomic mass is 32.2. The first-order valence-electron chi connectivity index (χ1n) is 4.95. The van der Waals surface area contributed by atoms with Gasteiger partial charge in [0.1, 0.15) is 0 Å². The maximum atomic E-state index is 11.7. The molecule has 0 aliphatic carbocycles. The van der Waals surface area contributed by atoms with Gasteiger partial charge in [0.05, 0.1) is 0 Å². The Balaban J connectivity index is 2.72. The summed E-state index contributed by atoms with van der Waals surface area (Å²) in [7, 11) is -2.22. The molecule has 0 bridgehead atoms. The minimum atomic E-state index is -3.66. The van der Waals surface area contributed by atoms with Gasteiger partial charge < -0.3 is 5.73 Å². The molecular formula is C8H15N5O3S. The van der Waals surface area contributed by atoms with Crippen LogP contribution >= 0.6 is 0 Å². The summed E-state index contributed by atoms with van der Waals surface area (Å²) in [5, 5.41) is 5.68. The predicted octanol–water partition coefficient (Wildman–Crippen LogP) is -1.29. The molecule has 0 aliphatic rings. The van der Waals surface area contributed by atoms with Crippen LogP contribution in [-0.4, -0.2) is 43.1 Å². The lowest BCUT2D eigenvalue weighted by Gasteiger charge is -2.16. The molecule has 0 fully saturated rings. The van der Waals surface area contributed by atoms with E-state index >= 15 is 0 Å². The second-order valence-corrected chi connectivity index (χ2v) is 5.15. The van der Waals surface area contributed by atoms with Gasteiger partial charge in [0.25, 0.3) is 5.56 Å². The zero-order valence-electron chi connectivity index (χ0n) is 9.38. The predicted molar refractivity (Wildman–Crippen MR) is 63.7 cm³/mol. The Bertz CT molecular complexity index is 492. The molecule has 0 aromatic carbocycles. The van der Waals surface area contributed by atoms with E-state index in [1.165, 1.54) is 19.2 Å². The van der Waals surface area contributed by atoms with Gasteiger partial charge in [-0.1, -0.05) is 0 Å². The average molecular weight is 261 g/mol. The van der Waals surface area contributed by atoms with Crippen LogP contribution in [-0.2, 0) is 10.2 Å². The van der Waals surface area contributed by atoms with E-state index in [9.17, 15) is 13.2 Å². The highest BCUT2D eigenvalue weighted by molar-refractivity contribution is 7.90. The van der Waals surface area contributed by atoms with Gasteiger partial charge in [-0.15, -0.1) is 0 Å². The van der Waals surface area contributed by atoms with Crippen LogP contribution < -0.4 is 16.0 Å². The van der Waals surface area contributed by atoms with Gasteiger partial charge in [0, 0.05) is 19.7 Å². The van der Waals surface area contributed by atoms with Crippen molar-refractivity contribution in [3.8, 4) is 0 Å². The lowest BCUT2D eigenvalue weighted by molar-refractivity contribution is 0.468. The van der Waals surface area contributed by atoms with Crippen molar-refractivity contribution in [1.82, 2.24) is 14.5 Å². The molecule has 0 saturated carbocycles. The highest BCUT2D eigenvalue weighted by Gasteiger charge is 2.17. The first kappa shape index (κ1) is 13.6. The summed E-state index contributed by atoms with van der Waals surface area (Å²) in [6.07, 6.45) is 0.566. The number of aromatic amines is 1. The Morgan fingerprint density at radius 3 is 2.76 bits per heavy atom. The van der Waals surface area contributed by atoms with E-state index in [0.717, 1.165) is 4.31 Å². The summed E-state index contributed by atoms with van der Waals surface area (Å²) >= 11 is 0. The largest absolute Gasteiger partial charge is 0.330 e. The van der Waals surface area contributed by atoms with E-state index in [-0.39, 0.29) is 5.82 Å². The number of rotatable bonds is 6. The molecule has 1 heterocycles. The van der Waals surface area contributed by atoms with Gasteiger partial charge in [-0.05, 0) is 19.0 Å². The second kappa shape index (κ2) is 5.75. The second-order valence-electron chi connectivity index (χ2n) is 3.38. The first-order chi connectivity index (χ1) is 7.95. The maximum absolute atomic E-state index is 11.7. The van der Waals surface area contributed by atoms with Crippen LogP contribution in [0.1, 0.15) is 6.42 Å². The molecule has 0 unspecified atom stereocenters. The van der Waals surface area contributed by atoms with Gasteiger partial charge >= 0.3 is 10.2 Å². The number of hydrogen-bond donors (Lipinski definition) is 3. The molecule has 1 rings (SSSR count). The summed E-state index contributed by atoms with van der Waals surface area (Å²) in [5.41, 5.74) is 4.90. The zero-order chi connectivity index (χ0) is 12.9. The molecule has 9 heteroatoms. The van der Waals surface area contributed by atoms with Gasteiger partial charge in [0.2, 0.25) is 0 Å². The van der Waals surface area contributed by atoms with Crippen LogP contribution in [0.4, 0.5) is 5.82 Å². The lowest BCUT2D eigenvalue weighted by Crippen LogP contribution is -2.34. The molecule has 0 saturated heterocycles. The van der Waals surface area contributed by atoms with Crippen molar-refractivity contribution in [1.29, 1.82) is 0 Å². The molecule has 0 spiro atoms. The fourth-order valence-electron chi connectivity index (χ4n) is 1.05. The molecule has 96 valence electrons. The third-order valence-electron chi connectivity index (χ3n) is 2.00. The van der Waals surface area contributed by atoms with E-state index in [1.54, 1.807) is 0 Å². The third-order valence-corrected chi connectivity index (χ3v) is 3.47. The molecule has 8 nitrogen and oxygen atoms in total. The molecule has 4 N–H and O–H groups in total. The summed E-state index contributed by atoms with van der Waals surface area (Å²) in [6.45, 7) is 0.728. The van der Waals surface area contributed by atoms with E-state index in [1.807, 2.05) is 0 Å². The Morgan fingerprint density at radius 2 is 2.24 bits per heavy atom. The molecule has 0 atom stereocenters. The van der Waals surface area contributed by atoms with Gasteiger partial charge in [-0.2, -0.15) is 17.8 Å². The van der Waals surface area contributed by atoms with Crippen LogP contribution in [0.5, 0.6) is 0 Å². The average Bonchev–Trinajstić information content (AvgIpc) is 2.28. The monoisotopic (exact) mass is 261 g/mol. The van der Waals surface area contributed by atoms with Crippen LogP contribution in [0.25, 0.3) is 0 Å². The number of H-pyrrole nitrogens is 1. The lowest BCUT2D eigenvalue weighted by atomic mass is 10.4. The van der Waals surface area contributed by atoms with Crippen molar-refractivity contribution in [2.45, 2.75) is 6.42 Å². The molecule has 0 aliphatic heterocycles. The first-order valence-corrected chi connectivity index (χ1v) is 6.39. The fraction of sp³-hybridized carbons (Fsp3) is 0.500. The van der Waals surface area contributed by atoms with E-state index in [4.69, 9.17) is 5.73 Å². The topological polar surface area (TPSA) is 121 Å². The minimum absolute atomic E-state index is 0.0594. The molecular weight excluding hydrogens is 246 g/mol. The van der Waals surface area contributed by atoms with E-state index in [2.05, 4.69) is 14.9 Å². The zero-order valence-corrected chi connectivity index (χ0v) is 10.2. The number of nitrogens with two attached hydrogens (primary N) is 1. The number of aromatic nitrogens is 2. The van der Waals surface area contributed by atoms with Crippen molar-refractivity contribution >= 4 is 16.0 Å². The minimum Gasteiger partial charge on any atom is -0.330 e. The number of nitrogens with zero attached hydrogens (tertiary/aromatic N) is 2. The smallest absolute Gasteiger partial charge is 0.302 e. The fourth-order valence-corrected chi connectivity index (χ4v) is 1.95. The van der Waals surface area contributed by atoms with Crippen molar-refractivity contribution in [3.63, 3.8) is 0 Å². The van der Waals surface area contributed by atoms with Gasteiger partial charge in [-0.3, -0.25) is 9.52 Å². The summed E-state index contributed by atoms with van der Waals surface area (Å²) in [6, 6.07) is 2.47. The summed E-state index contributed by atoms with van der Waals surface area (Å²) in [5.74, 6) is 0.0594. The van der Waals surface area contributed by atoms with Crippen LogP contribution in [0.15, 0.2) is 16.9 Å². The normalized spacial score (nSPS) is 11.7. The molecule has 17 heavy (non-hydrogen) atoms. The highest BCUT2D eigenvalue weighted by Crippen LogP contribution is 2.04. The Kier molecular flexibility index (Phi) is 4.61. The molecule has 0 amide bonds. The Labute approximate surface area is 99.0 Å². The quantitative estimate of drug-likeness (QED) is 0.588. The van der Waals surface area contributed by atoms with Crippen LogP contribution in [0, 0.1) is 0 Å². The summed E-state index contributed by atoms with van der Waals surface area (Å²) in [4.78, 5) is 10.7. The van der Waals surface area contributed by atoms with Crippen LogP contribution in [0.2, 0.25) is 0 Å². The molecule has 1 aromatic heterocycles. The number of hydrogen-bond acceptors (Lipinski definition) is 5. The van der Waals surface area contributed by atoms with E-state index in [0.29, 0.717) is 19.5 Å². The van der Waals surface area contributed by atoms with Crippen molar-refractivity contribution in [3.05, 3.63) is 22.5 Å². The maximum Gasteiger partial charge on any atom is 0.302 e. The van der Waals surface area contributed by atoms with Crippen molar-refractivity contribution in [2.75, 3.05) is 24.9 Å². The van der Waals surface area contributed by atoms with Gasteiger partial charge in [0.15, 0.2) is 5.82 Å². The Morgan fingerprint density at radius 1 is 1.53 bits per heavy atom. The van der Waals surface area contributed by atoms with Crippen molar-refractivity contribution in [2.24, 2.45) is 5.73 Å². The summed E-state index contributed by atoms with van der Waals surface area (Å²) < 4.78 is 26.8. The number of nitrogens with one attached hydrogen (secondary N) is 2. The van der Waals surface area contributed by atoms with Gasteiger partial charge in [-0.25, -0.2) is 5.10 Å². The standard InChI is InChI=1S/C8H15N5O3S/c1-13(6-2-5-9)17(15,16)12-7-3-4-8(14)11-10-7/h3-4H,2,5-6,9H2,1H3,(H,10,12)(H,11,14). The third kappa shape index (κ3) is 4.13. The van der Waals surface area contributed by atoms with Crippen LogP contribution in [0.3, 0.4) is 0 Å². The van der Waals surface area contributed by atoms with E-state index < -0.39 is 15.8 Å². The SMILES string of the molecule is CN(CCCN)S(=O)(=O)Nc1ccc(=O)[nH]n1.